The number of rotatable bonds is 4. The quantitative estimate of drug-likeness (QED) is 0.655. The van der Waals surface area contributed by atoms with E-state index in [9.17, 15) is 4.79 Å². The van der Waals surface area contributed by atoms with Gasteiger partial charge in [-0.25, -0.2) is 0 Å². The first-order valence-electron chi connectivity index (χ1n) is 5.07. The minimum atomic E-state index is -0.945. The van der Waals surface area contributed by atoms with Gasteiger partial charge in [0.1, 0.15) is 5.92 Å². The van der Waals surface area contributed by atoms with E-state index in [0.29, 0.717) is 0 Å². The zero-order valence-corrected chi connectivity index (χ0v) is 8.99. The van der Waals surface area contributed by atoms with E-state index >= 15 is 0 Å². The van der Waals surface area contributed by atoms with Crippen molar-refractivity contribution in [2.24, 2.45) is 17.3 Å². The van der Waals surface area contributed by atoms with Gasteiger partial charge in [0.25, 0.3) is 0 Å². The summed E-state index contributed by atoms with van der Waals surface area (Å²) in [6, 6.07) is 3.78. The minimum absolute atomic E-state index is 0.126. The molecule has 0 aromatic heterocycles. The van der Waals surface area contributed by atoms with E-state index in [1.165, 1.54) is 0 Å². The smallest absolute Gasteiger partial charge is 0.314 e. The summed E-state index contributed by atoms with van der Waals surface area (Å²) in [5, 5.41) is 17.8. The Labute approximate surface area is 89.4 Å². The monoisotopic (exact) mass is 206 g/mol. The van der Waals surface area contributed by atoms with Crippen molar-refractivity contribution >= 4 is 5.97 Å². The third-order valence-corrected chi connectivity index (χ3v) is 3.00. The Morgan fingerprint density at radius 1 is 1.53 bits per heavy atom. The first-order valence-corrected chi connectivity index (χ1v) is 5.07. The molecule has 1 atom stereocenters. The summed E-state index contributed by atoms with van der Waals surface area (Å²) in [5.74, 6) is -1.20. The molecule has 0 saturated heterocycles. The average Bonchev–Trinajstić information content (AvgIpc) is 3.03. The average molecular weight is 206 g/mol. The maximum Gasteiger partial charge on any atom is 0.314 e. The van der Waals surface area contributed by atoms with Crippen LogP contribution in [0.4, 0.5) is 0 Å². The SMILES string of the molecule is CCOC(=O)C(C)(C(C#N)C#N)C1CC1. The van der Waals surface area contributed by atoms with Crippen LogP contribution in [0.15, 0.2) is 0 Å². The Morgan fingerprint density at radius 2 is 2.07 bits per heavy atom. The zero-order chi connectivity index (χ0) is 11.5. The molecule has 0 amide bonds. The molecule has 0 spiro atoms. The second-order valence-electron chi connectivity index (χ2n) is 3.97. The highest BCUT2D eigenvalue weighted by Crippen LogP contribution is 2.50. The number of hydrogen-bond donors (Lipinski definition) is 0. The molecule has 0 radical (unpaired) electrons. The molecule has 4 nitrogen and oxygen atoms in total. The van der Waals surface area contributed by atoms with Crippen molar-refractivity contribution < 1.29 is 9.53 Å². The third-order valence-electron chi connectivity index (χ3n) is 3.00. The maximum absolute atomic E-state index is 11.8. The van der Waals surface area contributed by atoms with Crippen LogP contribution in [0.1, 0.15) is 26.7 Å². The van der Waals surface area contributed by atoms with Crippen molar-refractivity contribution in [1.82, 2.24) is 0 Å². The summed E-state index contributed by atoms with van der Waals surface area (Å²) in [7, 11) is 0. The van der Waals surface area contributed by atoms with E-state index in [2.05, 4.69) is 0 Å². The Hall–Kier alpha value is -1.55. The van der Waals surface area contributed by atoms with Gasteiger partial charge < -0.3 is 4.74 Å². The molecule has 1 aliphatic rings. The van der Waals surface area contributed by atoms with Gasteiger partial charge in [-0.3, -0.25) is 4.79 Å². The number of carbonyl (C=O) groups excluding carboxylic acids is 1. The molecule has 1 unspecified atom stereocenters. The summed E-state index contributed by atoms with van der Waals surface area (Å²) in [4.78, 5) is 11.8. The molecule has 4 heteroatoms. The Morgan fingerprint density at radius 3 is 2.40 bits per heavy atom. The number of carbonyl (C=O) groups is 1. The standard InChI is InChI=1S/C11H14N2O2/c1-3-15-10(14)11(2,8-4-5-8)9(6-12)7-13/h8-9H,3-5H2,1-2H3. The topological polar surface area (TPSA) is 73.9 Å². The second kappa shape index (κ2) is 4.31. The lowest BCUT2D eigenvalue weighted by molar-refractivity contribution is -0.157. The van der Waals surface area contributed by atoms with Crippen LogP contribution in [0.2, 0.25) is 0 Å². The fourth-order valence-electron chi connectivity index (χ4n) is 1.79. The number of ether oxygens (including phenoxy) is 1. The molecule has 0 heterocycles. The van der Waals surface area contributed by atoms with Crippen molar-refractivity contribution in [2.45, 2.75) is 26.7 Å². The van der Waals surface area contributed by atoms with Crippen molar-refractivity contribution in [3.05, 3.63) is 0 Å². The van der Waals surface area contributed by atoms with Crippen LogP contribution in [0.3, 0.4) is 0 Å². The van der Waals surface area contributed by atoms with Crippen LogP contribution in [0.5, 0.6) is 0 Å². The number of nitrogens with zero attached hydrogens (tertiary/aromatic N) is 2. The molecule has 1 fully saturated rings. The van der Waals surface area contributed by atoms with Crippen LogP contribution in [-0.4, -0.2) is 12.6 Å². The normalized spacial score (nSPS) is 18.7. The predicted octanol–water partition coefficient (Wildman–Crippen LogP) is 1.63. The lowest BCUT2D eigenvalue weighted by atomic mass is 9.74. The molecule has 0 N–H and O–H groups in total. The van der Waals surface area contributed by atoms with Crippen molar-refractivity contribution in [2.75, 3.05) is 6.61 Å². The molecule has 0 aromatic carbocycles. The molecule has 0 bridgehead atoms. The molecule has 1 saturated carbocycles. The van der Waals surface area contributed by atoms with E-state index < -0.39 is 17.3 Å². The Balaban J connectivity index is 2.93. The molecule has 80 valence electrons. The van der Waals surface area contributed by atoms with Gasteiger partial charge in [0.15, 0.2) is 0 Å². The van der Waals surface area contributed by atoms with Gasteiger partial charge in [0, 0.05) is 0 Å². The van der Waals surface area contributed by atoms with Gasteiger partial charge in [0.2, 0.25) is 0 Å². The molecule has 0 aliphatic heterocycles. The summed E-state index contributed by atoms with van der Waals surface area (Å²) in [6.45, 7) is 3.67. The maximum atomic E-state index is 11.8. The number of hydrogen-bond acceptors (Lipinski definition) is 4. The zero-order valence-electron chi connectivity index (χ0n) is 8.99. The minimum Gasteiger partial charge on any atom is -0.466 e. The largest absolute Gasteiger partial charge is 0.466 e. The van der Waals surface area contributed by atoms with Gasteiger partial charge in [-0.15, -0.1) is 0 Å². The van der Waals surface area contributed by atoms with Gasteiger partial charge in [0.05, 0.1) is 24.2 Å². The highest BCUT2D eigenvalue weighted by Gasteiger charge is 2.54. The Kier molecular flexibility index (Phi) is 3.31. The van der Waals surface area contributed by atoms with Gasteiger partial charge in [-0.2, -0.15) is 10.5 Å². The predicted molar refractivity (Wildman–Crippen MR) is 52.2 cm³/mol. The van der Waals surface area contributed by atoms with Crippen LogP contribution in [0, 0.1) is 39.9 Å². The van der Waals surface area contributed by atoms with Crippen LogP contribution in [-0.2, 0) is 9.53 Å². The van der Waals surface area contributed by atoms with E-state index in [1.807, 2.05) is 12.1 Å². The molecule has 1 aliphatic carbocycles. The number of nitriles is 2. The highest BCUT2D eigenvalue weighted by molar-refractivity contribution is 5.78. The summed E-state index contributed by atoms with van der Waals surface area (Å²) < 4.78 is 4.95. The van der Waals surface area contributed by atoms with Crippen LogP contribution >= 0.6 is 0 Å². The first kappa shape index (κ1) is 11.5. The van der Waals surface area contributed by atoms with Crippen molar-refractivity contribution in [3.63, 3.8) is 0 Å². The summed E-state index contributed by atoms with van der Waals surface area (Å²) in [6.07, 6.45) is 1.80. The van der Waals surface area contributed by atoms with Crippen LogP contribution in [0.25, 0.3) is 0 Å². The molecular weight excluding hydrogens is 192 g/mol. The molecular formula is C11H14N2O2. The fourth-order valence-corrected chi connectivity index (χ4v) is 1.79. The summed E-state index contributed by atoms with van der Waals surface area (Å²) in [5.41, 5.74) is -0.945. The van der Waals surface area contributed by atoms with E-state index in [4.69, 9.17) is 15.3 Å². The molecule has 1 rings (SSSR count). The van der Waals surface area contributed by atoms with E-state index in [-0.39, 0.29) is 12.5 Å². The number of esters is 1. The van der Waals surface area contributed by atoms with Gasteiger partial charge in [-0.1, -0.05) is 0 Å². The van der Waals surface area contributed by atoms with E-state index in [0.717, 1.165) is 12.8 Å². The van der Waals surface area contributed by atoms with E-state index in [1.54, 1.807) is 13.8 Å². The first-order chi connectivity index (χ1) is 7.11. The van der Waals surface area contributed by atoms with Gasteiger partial charge in [-0.05, 0) is 32.6 Å². The van der Waals surface area contributed by atoms with Gasteiger partial charge >= 0.3 is 5.97 Å². The third kappa shape index (κ3) is 1.94. The lowest BCUT2D eigenvalue weighted by Gasteiger charge is -2.27. The second-order valence-corrected chi connectivity index (χ2v) is 3.97. The van der Waals surface area contributed by atoms with Crippen molar-refractivity contribution in [1.29, 1.82) is 10.5 Å². The van der Waals surface area contributed by atoms with Crippen LogP contribution < -0.4 is 0 Å². The fraction of sp³-hybridized carbons (Fsp3) is 0.727. The highest BCUT2D eigenvalue weighted by atomic mass is 16.5. The molecule has 15 heavy (non-hydrogen) atoms. The lowest BCUT2D eigenvalue weighted by Crippen LogP contribution is -2.38. The summed E-state index contributed by atoms with van der Waals surface area (Å²) >= 11 is 0. The molecule has 0 aromatic rings. The Bertz CT molecular complexity index is 321. The van der Waals surface area contributed by atoms with Crippen molar-refractivity contribution in [3.8, 4) is 12.1 Å².